The van der Waals surface area contributed by atoms with Crippen molar-refractivity contribution in [1.29, 1.82) is 0 Å². The molecule has 3 nitrogen and oxygen atoms in total. The molecule has 0 aromatic rings. The van der Waals surface area contributed by atoms with E-state index in [1.165, 1.54) is 0 Å². The first-order chi connectivity index (χ1) is 5.08. The molecule has 0 unspecified atom stereocenters. The summed E-state index contributed by atoms with van der Waals surface area (Å²) in [5.74, 6) is 0.333. The molecule has 1 aliphatic heterocycles. The predicted octanol–water partition coefficient (Wildman–Crippen LogP) is 1.82. The van der Waals surface area contributed by atoms with Crippen molar-refractivity contribution in [3.8, 4) is 0 Å². The van der Waals surface area contributed by atoms with Gasteiger partial charge in [0.2, 0.25) is 5.91 Å². The lowest BCUT2D eigenvalue weighted by molar-refractivity contribution is -0.134. The fourth-order valence-electron chi connectivity index (χ4n) is 1.53. The summed E-state index contributed by atoms with van der Waals surface area (Å²) in [7, 11) is 0. The molecular weight excluding hydrogens is 152 g/mol. The van der Waals surface area contributed by atoms with E-state index in [4.69, 9.17) is 0 Å². The molecule has 1 saturated heterocycles. The topological polar surface area (TPSA) is 55.3 Å². The normalized spacial score (nSPS) is 20.9. The number of hydrogen-bond acceptors (Lipinski definition) is 2. The lowest BCUT2D eigenvalue weighted by atomic mass is 9.92. The van der Waals surface area contributed by atoms with E-state index in [1.54, 1.807) is 0 Å². The van der Waals surface area contributed by atoms with Crippen LogP contribution in [0.5, 0.6) is 0 Å². The van der Waals surface area contributed by atoms with Crippen LogP contribution in [0.2, 0.25) is 0 Å². The number of hydrogen-bond donors (Lipinski definition) is 1. The van der Waals surface area contributed by atoms with Gasteiger partial charge >= 0.3 is 0 Å². The molecule has 3 N–H and O–H groups in total. The molecule has 0 saturated carbocycles. The van der Waals surface area contributed by atoms with E-state index >= 15 is 0 Å². The number of likely N-dealkylation sites (tertiary alicyclic amines) is 1. The summed E-state index contributed by atoms with van der Waals surface area (Å²) in [5.41, 5.74) is -0.0881. The van der Waals surface area contributed by atoms with Crippen LogP contribution in [-0.2, 0) is 4.79 Å². The molecule has 0 aromatic heterocycles. The summed E-state index contributed by atoms with van der Waals surface area (Å²) in [5, 5.41) is 0. The van der Waals surface area contributed by atoms with Crippen molar-refractivity contribution < 1.29 is 4.79 Å². The maximum absolute atomic E-state index is 11.5. The zero-order chi connectivity index (χ0) is 8.48. The van der Waals surface area contributed by atoms with Crippen LogP contribution in [0, 0.1) is 5.41 Å². The minimum absolute atomic E-state index is 0. The predicted molar refractivity (Wildman–Crippen MR) is 50.3 cm³/mol. The van der Waals surface area contributed by atoms with E-state index in [-0.39, 0.29) is 11.6 Å². The Bertz CT molecular complexity index is 166. The van der Waals surface area contributed by atoms with E-state index < -0.39 is 0 Å². The number of rotatable bonds is 2. The number of carbonyl (C=O) groups excluding carboxylic acids is 1. The molecule has 0 bridgehead atoms. The van der Waals surface area contributed by atoms with Gasteiger partial charge in [-0.15, -0.1) is 0 Å². The fourth-order valence-corrected chi connectivity index (χ4v) is 1.53. The van der Waals surface area contributed by atoms with Crippen molar-refractivity contribution in [2.24, 2.45) is 5.41 Å². The van der Waals surface area contributed by atoms with E-state index in [2.05, 4.69) is 6.92 Å². The minimum Gasteiger partial charge on any atom is -0.344 e. The molecule has 0 atom stereocenters. The second-order valence-corrected chi connectivity index (χ2v) is 3.93. The van der Waals surface area contributed by atoms with Crippen molar-refractivity contribution in [3.63, 3.8) is 0 Å². The quantitative estimate of drug-likeness (QED) is 0.690. The Kier molecular flexibility index (Phi) is 3.71. The van der Waals surface area contributed by atoms with Crippen molar-refractivity contribution >= 4 is 5.91 Å². The first-order valence-corrected chi connectivity index (χ1v) is 4.37. The van der Waals surface area contributed by atoms with Crippen LogP contribution in [0.1, 0.15) is 33.6 Å². The Morgan fingerprint density at radius 3 is 2.42 bits per heavy atom. The van der Waals surface area contributed by atoms with Gasteiger partial charge < -0.3 is 11.1 Å². The molecule has 1 aliphatic rings. The van der Waals surface area contributed by atoms with Gasteiger partial charge in [-0.05, 0) is 12.8 Å². The van der Waals surface area contributed by atoms with Crippen LogP contribution in [0.3, 0.4) is 0 Å². The van der Waals surface area contributed by atoms with Gasteiger partial charge in [0.1, 0.15) is 0 Å². The molecule has 12 heavy (non-hydrogen) atoms. The van der Waals surface area contributed by atoms with Crippen molar-refractivity contribution in [2.75, 3.05) is 13.1 Å². The SMILES string of the molecule is CCCN1CCC(C)(C)C1=O.N. The maximum atomic E-state index is 11.5. The van der Waals surface area contributed by atoms with Crippen LogP contribution in [0.4, 0.5) is 0 Å². The highest BCUT2D eigenvalue weighted by Crippen LogP contribution is 2.30. The van der Waals surface area contributed by atoms with E-state index in [0.717, 1.165) is 25.9 Å². The molecule has 1 heterocycles. The number of nitrogens with zero attached hydrogens (tertiary/aromatic N) is 1. The zero-order valence-electron chi connectivity index (χ0n) is 8.39. The monoisotopic (exact) mass is 172 g/mol. The van der Waals surface area contributed by atoms with Gasteiger partial charge in [0.25, 0.3) is 0 Å². The van der Waals surface area contributed by atoms with Crippen LogP contribution in [-0.4, -0.2) is 23.9 Å². The zero-order valence-corrected chi connectivity index (χ0v) is 8.39. The Hall–Kier alpha value is -0.570. The Labute approximate surface area is 74.7 Å². The van der Waals surface area contributed by atoms with E-state index in [9.17, 15) is 4.79 Å². The molecule has 0 spiro atoms. The molecule has 72 valence electrons. The van der Waals surface area contributed by atoms with E-state index in [0.29, 0.717) is 5.91 Å². The second kappa shape index (κ2) is 3.90. The summed E-state index contributed by atoms with van der Waals surface area (Å²) in [4.78, 5) is 13.5. The fraction of sp³-hybridized carbons (Fsp3) is 0.889. The molecule has 3 heteroatoms. The van der Waals surface area contributed by atoms with E-state index in [1.807, 2.05) is 18.7 Å². The molecule has 1 fully saturated rings. The lowest BCUT2D eigenvalue weighted by Crippen LogP contribution is -2.31. The molecule has 0 radical (unpaired) electrons. The Balaban J connectivity index is 0.00000121. The smallest absolute Gasteiger partial charge is 0.228 e. The molecule has 0 aromatic carbocycles. The first kappa shape index (κ1) is 11.4. The van der Waals surface area contributed by atoms with Crippen LogP contribution in [0.15, 0.2) is 0 Å². The second-order valence-electron chi connectivity index (χ2n) is 3.93. The lowest BCUT2D eigenvalue weighted by Gasteiger charge is -2.18. The Morgan fingerprint density at radius 2 is 2.08 bits per heavy atom. The highest BCUT2D eigenvalue weighted by Gasteiger charge is 2.37. The summed E-state index contributed by atoms with van der Waals surface area (Å²) >= 11 is 0. The van der Waals surface area contributed by atoms with Gasteiger partial charge in [0, 0.05) is 18.5 Å². The average Bonchev–Trinajstić information content (AvgIpc) is 2.17. The van der Waals surface area contributed by atoms with Gasteiger partial charge in [0.15, 0.2) is 0 Å². The van der Waals surface area contributed by atoms with Crippen LogP contribution in [0.25, 0.3) is 0 Å². The van der Waals surface area contributed by atoms with Gasteiger partial charge in [0.05, 0.1) is 0 Å². The van der Waals surface area contributed by atoms with Gasteiger partial charge in [-0.2, -0.15) is 0 Å². The maximum Gasteiger partial charge on any atom is 0.228 e. The summed E-state index contributed by atoms with van der Waals surface area (Å²) < 4.78 is 0. The highest BCUT2D eigenvalue weighted by atomic mass is 16.2. The van der Waals surface area contributed by atoms with Gasteiger partial charge in [-0.1, -0.05) is 20.8 Å². The van der Waals surface area contributed by atoms with Gasteiger partial charge in [-0.25, -0.2) is 0 Å². The molecule has 1 amide bonds. The Morgan fingerprint density at radius 1 is 1.50 bits per heavy atom. The number of carbonyl (C=O) groups is 1. The van der Waals surface area contributed by atoms with Gasteiger partial charge in [-0.3, -0.25) is 4.79 Å². The number of amides is 1. The highest BCUT2D eigenvalue weighted by molar-refractivity contribution is 5.83. The minimum atomic E-state index is -0.0881. The molecule has 0 aliphatic carbocycles. The van der Waals surface area contributed by atoms with Crippen molar-refractivity contribution in [2.45, 2.75) is 33.6 Å². The largest absolute Gasteiger partial charge is 0.344 e. The first-order valence-electron chi connectivity index (χ1n) is 4.37. The average molecular weight is 172 g/mol. The third kappa shape index (κ3) is 1.97. The molecular formula is C9H20N2O. The summed E-state index contributed by atoms with van der Waals surface area (Å²) in [6, 6.07) is 0. The molecule has 1 rings (SSSR count). The van der Waals surface area contributed by atoms with Crippen molar-refractivity contribution in [1.82, 2.24) is 11.1 Å². The third-order valence-corrected chi connectivity index (χ3v) is 2.37. The summed E-state index contributed by atoms with van der Waals surface area (Å²) in [6.45, 7) is 8.07. The van der Waals surface area contributed by atoms with Crippen LogP contribution >= 0.6 is 0 Å². The summed E-state index contributed by atoms with van der Waals surface area (Å²) in [6.07, 6.45) is 2.09. The van der Waals surface area contributed by atoms with Crippen LogP contribution < -0.4 is 6.15 Å². The third-order valence-electron chi connectivity index (χ3n) is 2.37. The van der Waals surface area contributed by atoms with Crippen molar-refractivity contribution in [3.05, 3.63) is 0 Å². The standard InChI is InChI=1S/C9H17NO.H3N/c1-4-6-10-7-5-9(2,3)8(10)11;/h4-7H2,1-3H3;1H3.